The quantitative estimate of drug-likeness (QED) is 0.0169. The van der Waals surface area contributed by atoms with E-state index in [2.05, 4.69) is 113 Å². The van der Waals surface area contributed by atoms with Crippen molar-refractivity contribution in [2.75, 3.05) is 39.6 Å². The third kappa shape index (κ3) is 70.7. The SMILES string of the molecule is CC/C=C\C/C=C\C/C=C\CCCCCCCCCC(=O)OCC(COP(=O)(O)OCC(O)COP(=O)(O)OCC(COC(=O)CCCCCCCC/C=C\C/C=C\C/C=C\CCCCC)OC(=O)CCCCCCC/C=C\CCCC)OC(=O)CCCCCCCCCCCCC. The number of hydrogen-bond acceptors (Lipinski definition) is 15. The molecule has 0 fully saturated rings. The molecule has 98 heavy (non-hydrogen) atoms. The second-order valence-electron chi connectivity index (χ2n) is 25.9. The molecule has 0 aliphatic carbocycles. The lowest BCUT2D eigenvalue weighted by Gasteiger charge is -2.21. The van der Waals surface area contributed by atoms with Gasteiger partial charge < -0.3 is 33.8 Å². The lowest BCUT2D eigenvalue weighted by Crippen LogP contribution is -2.30. The number of ether oxygens (including phenoxy) is 4. The van der Waals surface area contributed by atoms with Crippen molar-refractivity contribution in [2.45, 2.75) is 354 Å². The van der Waals surface area contributed by atoms with Crippen LogP contribution in [0.1, 0.15) is 336 Å². The van der Waals surface area contributed by atoms with E-state index in [0.717, 1.165) is 186 Å². The molecule has 0 saturated carbocycles. The Morgan fingerprint density at radius 1 is 0.296 bits per heavy atom. The maximum atomic E-state index is 13.1. The molecule has 0 spiro atoms. The van der Waals surface area contributed by atoms with Gasteiger partial charge in [-0.2, -0.15) is 0 Å². The first-order valence-corrected chi connectivity index (χ1v) is 41.8. The number of hydrogen-bond donors (Lipinski definition) is 3. The van der Waals surface area contributed by atoms with Crippen molar-refractivity contribution < 1.29 is 80.2 Å². The monoisotopic (exact) mass is 1420 g/mol. The average molecular weight is 1420 g/mol. The highest BCUT2D eigenvalue weighted by Crippen LogP contribution is 2.45. The van der Waals surface area contributed by atoms with Crippen molar-refractivity contribution in [3.05, 3.63) is 85.1 Å². The Morgan fingerprint density at radius 3 is 0.878 bits per heavy atom. The molecule has 0 radical (unpaired) electrons. The first kappa shape index (κ1) is 94.2. The van der Waals surface area contributed by atoms with Crippen molar-refractivity contribution in [1.82, 2.24) is 0 Å². The predicted molar refractivity (Wildman–Crippen MR) is 399 cm³/mol. The standard InChI is InChI=1S/C79H140O17P2/c1-5-9-13-17-21-25-29-31-33-35-36-38-40-42-46-48-52-56-60-64-77(82)90-70-75(96-79(84)66-62-58-54-50-44-28-24-20-16-12-8-4)72-94-98(87,88)92-68-73(80)67-91-97(85,86)93-71-74(95-78(83)65-61-57-53-49-43-27-23-19-15-11-7-3)69-89-76(81)63-59-55-51-47-45-41-39-37-34-32-30-26-22-18-14-10-6-2/h10,14,20-22,24-26,31-34,36,38,73-75,80H,5-9,11-13,15-19,23,27-30,35,37,39-72H2,1-4H3,(H,85,86)(H,87,88)/b14-10-,24-20-,25-21-,26-22-,33-31-,34-32-,38-36-. The molecule has 0 rings (SSSR count). The normalized spacial score (nSPS) is 14.4. The molecule has 0 amide bonds. The van der Waals surface area contributed by atoms with E-state index in [-0.39, 0.29) is 25.7 Å². The summed E-state index contributed by atoms with van der Waals surface area (Å²) in [6, 6.07) is 0. The number of unbranched alkanes of at least 4 members (excludes halogenated alkanes) is 33. The van der Waals surface area contributed by atoms with Crippen LogP contribution < -0.4 is 0 Å². The lowest BCUT2D eigenvalue weighted by atomic mass is 10.1. The lowest BCUT2D eigenvalue weighted by molar-refractivity contribution is -0.161. The maximum Gasteiger partial charge on any atom is 0.472 e. The van der Waals surface area contributed by atoms with E-state index < -0.39 is 97.5 Å². The Morgan fingerprint density at radius 2 is 0.541 bits per heavy atom. The molecule has 0 saturated heterocycles. The highest BCUT2D eigenvalue weighted by molar-refractivity contribution is 7.47. The number of aliphatic hydroxyl groups is 1. The minimum absolute atomic E-state index is 0.0831. The maximum absolute atomic E-state index is 13.1. The van der Waals surface area contributed by atoms with Gasteiger partial charge in [0.15, 0.2) is 12.2 Å². The molecule has 17 nitrogen and oxygen atoms in total. The molecule has 0 aliphatic heterocycles. The number of aliphatic hydroxyl groups excluding tert-OH is 1. The van der Waals surface area contributed by atoms with Crippen LogP contribution in [0.25, 0.3) is 0 Å². The zero-order valence-corrected chi connectivity index (χ0v) is 63.7. The number of allylic oxidation sites excluding steroid dienone is 14. The van der Waals surface area contributed by atoms with E-state index >= 15 is 0 Å². The smallest absolute Gasteiger partial charge is 0.462 e. The number of phosphoric ester groups is 2. The van der Waals surface area contributed by atoms with Gasteiger partial charge in [-0.1, -0.05) is 280 Å². The third-order valence-electron chi connectivity index (χ3n) is 16.3. The fourth-order valence-corrected chi connectivity index (χ4v) is 12.0. The van der Waals surface area contributed by atoms with Crippen molar-refractivity contribution in [3.63, 3.8) is 0 Å². The topological polar surface area (TPSA) is 237 Å². The van der Waals surface area contributed by atoms with Crippen molar-refractivity contribution in [1.29, 1.82) is 0 Å². The van der Waals surface area contributed by atoms with Crippen LogP contribution in [0.15, 0.2) is 85.1 Å². The molecule has 0 bridgehead atoms. The van der Waals surface area contributed by atoms with E-state index in [1.54, 1.807) is 0 Å². The summed E-state index contributed by atoms with van der Waals surface area (Å²) in [5.41, 5.74) is 0. The molecule has 568 valence electrons. The van der Waals surface area contributed by atoms with Gasteiger partial charge in [-0.3, -0.25) is 37.3 Å². The van der Waals surface area contributed by atoms with Crippen LogP contribution in [0.3, 0.4) is 0 Å². The van der Waals surface area contributed by atoms with Crippen molar-refractivity contribution in [2.24, 2.45) is 0 Å². The number of carbonyl (C=O) groups is 4. The number of carbonyl (C=O) groups excluding carboxylic acids is 4. The van der Waals surface area contributed by atoms with Gasteiger partial charge in [-0.05, 0) is 116 Å². The molecule has 0 aromatic rings. The van der Waals surface area contributed by atoms with E-state index in [1.165, 1.54) is 70.6 Å². The summed E-state index contributed by atoms with van der Waals surface area (Å²) in [6.07, 6.45) is 72.9. The summed E-state index contributed by atoms with van der Waals surface area (Å²) in [4.78, 5) is 72.8. The number of rotatable bonds is 73. The van der Waals surface area contributed by atoms with Gasteiger partial charge in [0.05, 0.1) is 26.4 Å². The van der Waals surface area contributed by atoms with E-state index in [1.807, 2.05) is 0 Å². The third-order valence-corrected chi connectivity index (χ3v) is 18.2. The first-order valence-electron chi connectivity index (χ1n) is 38.8. The summed E-state index contributed by atoms with van der Waals surface area (Å²) in [5, 5.41) is 10.6. The van der Waals surface area contributed by atoms with E-state index in [0.29, 0.717) is 25.7 Å². The van der Waals surface area contributed by atoms with Gasteiger partial charge in [0.25, 0.3) is 0 Å². The molecule has 0 aromatic carbocycles. The molecule has 3 N–H and O–H groups in total. The zero-order valence-electron chi connectivity index (χ0n) is 62.0. The summed E-state index contributed by atoms with van der Waals surface area (Å²) in [5.74, 6) is -2.19. The molecule has 0 heterocycles. The van der Waals surface area contributed by atoms with Gasteiger partial charge >= 0.3 is 39.5 Å². The molecule has 0 aromatic heterocycles. The molecular weight excluding hydrogens is 1280 g/mol. The van der Waals surface area contributed by atoms with Gasteiger partial charge in [-0.25, -0.2) is 9.13 Å². The molecule has 5 unspecified atom stereocenters. The van der Waals surface area contributed by atoms with Gasteiger partial charge in [-0.15, -0.1) is 0 Å². The van der Waals surface area contributed by atoms with E-state index in [4.69, 9.17) is 37.0 Å². The Kier molecular flexibility index (Phi) is 68.9. The van der Waals surface area contributed by atoms with Crippen molar-refractivity contribution in [3.8, 4) is 0 Å². The summed E-state index contributed by atoms with van der Waals surface area (Å²) in [7, 11) is -9.94. The summed E-state index contributed by atoms with van der Waals surface area (Å²) >= 11 is 0. The van der Waals surface area contributed by atoms with Crippen molar-refractivity contribution >= 4 is 39.5 Å². The first-order chi connectivity index (χ1) is 47.7. The van der Waals surface area contributed by atoms with Gasteiger partial charge in [0.2, 0.25) is 0 Å². The summed E-state index contributed by atoms with van der Waals surface area (Å²) < 4.78 is 68.4. The van der Waals surface area contributed by atoms with Crippen LogP contribution in [-0.2, 0) is 65.4 Å². The Labute approximate surface area is 595 Å². The Bertz CT molecular complexity index is 2190. The van der Waals surface area contributed by atoms with E-state index in [9.17, 15) is 43.2 Å². The fraction of sp³-hybridized carbons (Fsp3) is 0.772. The molecular formula is C79H140O17P2. The Balaban J connectivity index is 5.27. The van der Waals surface area contributed by atoms with Gasteiger partial charge in [0, 0.05) is 25.7 Å². The van der Waals surface area contributed by atoms with Crippen LogP contribution in [0, 0.1) is 0 Å². The second kappa shape index (κ2) is 71.6. The fourth-order valence-electron chi connectivity index (χ4n) is 10.4. The Hall–Kier alpha value is -3.76. The van der Waals surface area contributed by atoms with Crippen LogP contribution in [-0.4, -0.2) is 96.7 Å². The highest BCUT2D eigenvalue weighted by atomic mass is 31.2. The minimum Gasteiger partial charge on any atom is -0.462 e. The minimum atomic E-state index is -4.97. The summed E-state index contributed by atoms with van der Waals surface area (Å²) in [6.45, 7) is 4.69. The van der Waals surface area contributed by atoms with Crippen LogP contribution >= 0.6 is 15.6 Å². The van der Waals surface area contributed by atoms with Gasteiger partial charge in [0.1, 0.15) is 19.3 Å². The predicted octanol–water partition coefficient (Wildman–Crippen LogP) is 22.2. The van der Waals surface area contributed by atoms with Crippen LogP contribution in [0.4, 0.5) is 0 Å². The molecule has 19 heteroatoms. The van der Waals surface area contributed by atoms with Crippen LogP contribution in [0.5, 0.6) is 0 Å². The molecule has 5 atom stereocenters. The number of esters is 4. The highest BCUT2D eigenvalue weighted by Gasteiger charge is 2.30. The average Bonchev–Trinajstić information content (AvgIpc) is 0.983. The van der Waals surface area contributed by atoms with Crippen LogP contribution in [0.2, 0.25) is 0 Å². The molecule has 0 aliphatic rings. The number of phosphoric acid groups is 2. The largest absolute Gasteiger partial charge is 0.472 e. The second-order valence-corrected chi connectivity index (χ2v) is 28.8. The zero-order chi connectivity index (χ0) is 71.8.